The maximum atomic E-state index is 10.1. The summed E-state index contributed by atoms with van der Waals surface area (Å²) in [6.45, 7) is 7.58. The molecule has 10 nitrogen and oxygen atoms in total. The number of likely N-dealkylation sites (tertiary alicyclic amines) is 1. The molecule has 0 aliphatic carbocycles. The Labute approximate surface area is 205 Å². The van der Waals surface area contributed by atoms with Gasteiger partial charge in [0, 0.05) is 44.0 Å². The number of morpholine rings is 1. The lowest BCUT2D eigenvalue weighted by Crippen LogP contribution is -2.37. The van der Waals surface area contributed by atoms with Crippen molar-refractivity contribution in [2.24, 2.45) is 5.92 Å². The van der Waals surface area contributed by atoms with Gasteiger partial charge in [0.1, 0.15) is 11.3 Å². The van der Waals surface area contributed by atoms with Crippen LogP contribution in [0.4, 0.5) is 17.6 Å². The SMILES string of the molecule is C[C@@H](O)c1cc2cnc(Nc3ccc(CN4CCC(CO)CC4)cn3)nc2c(N2CCOCC2)n1. The Morgan fingerprint density at radius 1 is 1.09 bits per heavy atom. The average Bonchev–Trinajstić information content (AvgIpc) is 2.90. The van der Waals surface area contributed by atoms with E-state index in [0.717, 1.165) is 67.8 Å². The van der Waals surface area contributed by atoms with Crippen LogP contribution in [0.25, 0.3) is 10.9 Å². The topological polar surface area (TPSA) is 120 Å². The summed E-state index contributed by atoms with van der Waals surface area (Å²) < 4.78 is 5.50. The fourth-order valence-corrected chi connectivity index (χ4v) is 4.60. The van der Waals surface area contributed by atoms with Gasteiger partial charge in [0.2, 0.25) is 5.95 Å². The maximum Gasteiger partial charge on any atom is 0.229 e. The van der Waals surface area contributed by atoms with E-state index in [-0.39, 0.29) is 0 Å². The number of fused-ring (bicyclic) bond motifs is 1. The molecule has 5 rings (SSSR count). The van der Waals surface area contributed by atoms with E-state index in [4.69, 9.17) is 14.7 Å². The Hall–Kier alpha value is -2.92. The second-order valence-electron chi connectivity index (χ2n) is 9.36. The highest BCUT2D eigenvalue weighted by Gasteiger charge is 2.20. The molecule has 0 amide bonds. The lowest BCUT2D eigenvalue weighted by Gasteiger charge is -2.30. The van der Waals surface area contributed by atoms with E-state index in [0.29, 0.717) is 43.2 Å². The van der Waals surface area contributed by atoms with Crippen LogP contribution in [0.1, 0.15) is 37.1 Å². The van der Waals surface area contributed by atoms with Crippen LogP contribution in [0, 0.1) is 5.92 Å². The quantitative estimate of drug-likeness (QED) is 0.465. The van der Waals surface area contributed by atoms with Gasteiger partial charge in [-0.3, -0.25) is 4.90 Å². The molecule has 2 aliphatic heterocycles. The van der Waals surface area contributed by atoms with Crippen molar-refractivity contribution >= 4 is 28.5 Å². The van der Waals surface area contributed by atoms with Crippen LogP contribution in [0.5, 0.6) is 0 Å². The fourth-order valence-electron chi connectivity index (χ4n) is 4.60. The summed E-state index contributed by atoms with van der Waals surface area (Å²) in [5.41, 5.74) is 2.49. The van der Waals surface area contributed by atoms with E-state index >= 15 is 0 Å². The number of nitrogens with zero attached hydrogens (tertiary/aromatic N) is 6. The minimum atomic E-state index is -0.680. The van der Waals surface area contributed by atoms with Crippen molar-refractivity contribution in [3.05, 3.63) is 41.9 Å². The van der Waals surface area contributed by atoms with Gasteiger partial charge in [-0.15, -0.1) is 0 Å². The number of aliphatic hydroxyl groups is 2. The number of hydrogen-bond acceptors (Lipinski definition) is 10. The van der Waals surface area contributed by atoms with Crippen molar-refractivity contribution in [1.82, 2.24) is 24.8 Å². The van der Waals surface area contributed by atoms with Crippen LogP contribution in [0.3, 0.4) is 0 Å². The summed E-state index contributed by atoms with van der Waals surface area (Å²) in [7, 11) is 0. The number of ether oxygens (including phenoxy) is 1. The molecule has 10 heteroatoms. The molecule has 186 valence electrons. The summed E-state index contributed by atoms with van der Waals surface area (Å²) in [6, 6.07) is 5.86. The maximum absolute atomic E-state index is 10.1. The van der Waals surface area contributed by atoms with Gasteiger partial charge in [0.15, 0.2) is 5.82 Å². The molecule has 3 aromatic heterocycles. The largest absolute Gasteiger partial charge is 0.396 e. The summed E-state index contributed by atoms with van der Waals surface area (Å²) in [4.78, 5) is 23.1. The average molecular weight is 480 g/mol. The van der Waals surface area contributed by atoms with Gasteiger partial charge in [0.05, 0.1) is 25.0 Å². The normalized spacial score (nSPS) is 18.7. The van der Waals surface area contributed by atoms with Gasteiger partial charge in [-0.1, -0.05) is 6.07 Å². The van der Waals surface area contributed by atoms with Crippen LogP contribution < -0.4 is 10.2 Å². The van der Waals surface area contributed by atoms with Crippen molar-refractivity contribution in [3.63, 3.8) is 0 Å². The monoisotopic (exact) mass is 479 g/mol. The molecule has 0 saturated carbocycles. The fraction of sp³-hybridized carbons (Fsp3) is 0.520. The van der Waals surface area contributed by atoms with E-state index in [9.17, 15) is 10.2 Å². The van der Waals surface area contributed by atoms with Crippen molar-refractivity contribution < 1.29 is 14.9 Å². The molecule has 0 spiro atoms. The number of piperidine rings is 1. The lowest BCUT2D eigenvalue weighted by atomic mass is 9.98. The third-order valence-electron chi connectivity index (χ3n) is 6.74. The number of rotatable bonds is 7. The molecule has 2 saturated heterocycles. The molecule has 35 heavy (non-hydrogen) atoms. The molecular weight excluding hydrogens is 446 g/mol. The first-order valence-electron chi connectivity index (χ1n) is 12.3. The zero-order chi connectivity index (χ0) is 24.2. The Morgan fingerprint density at radius 3 is 2.57 bits per heavy atom. The van der Waals surface area contributed by atoms with E-state index < -0.39 is 6.10 Å². The number of nitrogens with one attached hydrogen (secondary N) is 1. The van der Waals surface area contributed by atoms with Crippen molar-refractivity contribution in [2.45, 2.75) is 32.4 Å². The van der Waals surface area contributed by atoms with Crippen LogP contribution >= 0.6 is 0 Å². The van der Waals surface area contributed by atoms with Gasteiger partial charge in [-0.25, -0.2) is 19.9 Å². The zero-order valence-corrected chi connectivity index (χ0v) is 20.1. The van der Waals surface area contributed by atoms with Crippen LogP contribution in [0.2, 0.25) is 0 Å². The van der Waals surface area contributed by atoms with Gasteiger partial charge >= 0.3 is 0 Å². The van der Waals surface area contributed by atoms with Crippen LogP contribution in [-0.4, -0.2) is 81.0 Å². The highest BCUT2D eigenvalue weighted by molar-refractivity contribution is 5.89. The number of aromatic nitrogens is 4. The summed E-state index contributed by atoms with van der Waals surface area (Å²) in [6.07, 6.45) is 5.05. The summed E-state index contributed by atoms with van der Waals surface area (Å²) >= 11 is 0. The Kier molecular flexibility index (Phi) is 7.33. The smallest absolute Gasteiger partial charge is 0.229 e. The highest BCUT2D eigenvalue weighted by Crippen LogP contribution is 2.28. The summed E-state index contributed by atoms with van der Waals surface area (Å²) in [5, 5.41) is 23.5. The predicted octanol–water partition coefficient (Wildman–Crippen LogP) is 2.26. The molecule has 0 aromatic carbocycles. The second-order valence-corrected chi connectivity index (χ2v) is 9.36. The molecule has 0 unspecified atom stereocenters. The Morgan fingerprint density at radius 2 is 1.89 bits per heavy atom. The number of anilines is 3. The van der Waals surface area contributed by atoms with E-state index in [1.807, 2.05) is 18.3 Å². The predicted molar refractivity (Wildman–Crippen MR) is 134 cm³/mol. The first-order chi connectivity index (χ1) is 17.1. The third kappa shape index (κ3) is 5.67. The molecular formula is C25H33N7O3. The molecule has 0 radical (unpaired) electrons. The van der Waals surface area contributed by atoms with E-state index in [1.165, 1.54) is 0 Å². The molecule has 5 heterocycles. The Balaban J connectivity index is 1.32. The van der Waals surface area contributed by atoms with Crippen molar-refractivity contribution in [1.29, 1.82) is 0 Å². The van der Waals surface area contributed by atoms with Crippen molar-refractivity contribution in [3.8, 4) is 0 Å². The third-order valence-corrected chi connectivity index (χ3v) is 6.74. The van der Waals surface area contributed by atoms with E-state index in [1.54, 1.807) is 13.1 Å². The number of hydrogen-bond donors (Lipinski definition) is 3. The van der Waals surface area contributed by atoms with Crippen LogP contribution in [-0.2, 0) is 11.3 Å². The number of aliphatic hydroxyl groups excluding tert-OH is 2. The van der Waals surface area contributed by atoms with Gasteiger partial charge < -0.3 is 25.2 Å². The molecule has 2 aliphatic rings. The minimum absolute atomic E-state index is 0.290. The highest BCUT2D eigenvalue weighted by atomic mass is 16.5. The molecule has 1 atom stereocenters. The molecule has 0 bridgehead atoms. The molecule has 2 fully saturated rings. The first-order valence-corrected chi connectivity index (χ1v) is 12.3. The van der Waals surface area contributed by atoms with Gasteiger partial charge in [-0.2, -0.15) is 0 Å². The summed E-state index contributed by atoms with van der Waals surface area (Å²) in [5.74, 6) is 2.30. The van der Waals surface area contributed by atoms with Crippen LogP contribution in [0.15, 0.2) is 30.6 Å². The van der Waals surface area contributed by atoms with E-state index in [2.05, 4.69) is 31.2 Å². The van der Waals surface area contributed by atoms with Gasteiger partial charge in [-0.05, 0) is 56.5 Å². The number of pyridine rings is 2. The Bertz CT molecular complexity index is 1130. The van der Waals surface area contributed by atoms with Crippen molar-refractivity contribution in [2.75, 3.05) is 56.2 Å². The lowest BCUT2D eigenvalue weighted by molar-refractivity contribution is 0.122. The second kappa shape index (κ2) is 10.8. The standard InChI is InChI=1S/C25H33N7O3/c1-17(34)21-12-20-14-27-25(30-23(20)24(28-21)32-8-10-35-11-9-32)29-22-3-2-19(13-26-22)15-31-6-4-18(16-33)5-7-31/h2-3,12-14,17-18,33-34H,4-11,15-16H2,1H3,(H,26,27,29,30)/t17-/m1/s1. The molecule has 3 N–H and O–H groups in total. The molecule has 3 aromatic rings. The minimum Gasteiger partial charge on any atom is -0.396 e. The zero-order valence-electron chi connectivity index (χ0n) is 20.1. The first kappa shape index (κ1) is 23.8. The van der Waals surface area contributed by atoms with Gasteiger partial charge in [0.25, 0.3) is 0 Å².